The molecule has 2 aromatic heterocycles. The van der Waals surface area contributed by atoms with Crippen LogP contribution in [0.3, 0.4) is 0 Å². The van der Waals surface area contributed by atoms with Crippen molar-refractivity contribution in [2.45, 2.75) is 51.6 Å². The normalized spacial score (nSPS) is 20.1. The number of rotatable bonds is 7. The molecule has 4 rings (SSSR count). The minimum atomic E-state index is 0.0403. The molecule has 2 aliphatic rings. The van der Waals surface area contributed by atoms with E-state index < -0.39 is 0 Å². The summed E-state index contributed by atoms with van der Waals surface area (Å²) in [6.45, 7) is 6.14. The lowest BCUT2D eigenvalue weighted by molar-refractivity contribution is -0.120. The van der Waals surface area contributed by atoms with Gasteiger partial charge in [-0.3, -0.25) is 14.7 Å². The van der Waals surface area contributed by atoms with Crippen LogP contribution in [-0.4, -0.2) is 45.0 Å². The summed E-state index contributed by atoms with van der Waals surface area (Å²) in [6.07, 6.45) is 10.9. The Morgan fingerprint density at radius 2 is 2.07 bits per heavy atom. The first-order valence-corrected chi connectivity index (χ1v) is 10.1. The summed E-state index contributed by atoms with van der Waals surface area (Å²) in [6, 6.07) is 4.29. The van der Waals surface area contributed by atoms with Crippen LogP contribution in [0.15, 0.2) is 30.7 Å². The van der Waals surface area contributed by atoms with E-state index in [-0.39, 0.29) is 5.91 Å². The molecular weight excluding hydrogens is 338 g/mol. The van der Waals surface area contributed by atoms with Crippen molar-refractivity contribution < 1.29 is 4.79 Å². The second kappa shape index (κ2) is 8.21. The van der Waals surface area contributed by atoms with E-state index in [1.165, 1.54) is 31.4 Å². The van der Waals surface area contributed by atoms with Gasteiger partial charge in [-0.2, -0.15) is 0 Å². The first-order chi connectivity index (χ1) is 13.2. The highest BCUT2D eigenvalue weighted by Gasteiger charge is 2.29. The van der Waals surface area contributed by atoms with Crippen molar-refractivity contribution in [2.75, 3.05) is 19.6 Å². The molecule has 0 unspecified atom stereocenters. The molecule has 1 N–H and O–H groups in total. The Hall–Kier alpha value is -2.21. The maximum Gasteiger partial charge on any atom is 0.226 e. The van der Waals surface area contributed by atoms with Gasteiger partial charge in [0.1, 0.15) is 5.82 Å². The number of hydrogen-bond acceptors (Lipinski definition) is 4. The Labute approximate surface area is 161 Å². The molecule has 0 spiro atoms. The maximum atomic E-state index is 12.3. The van der Waals surface area contributed by atoms with Gasteiger partial charge in [0.15, 0.2) is 0 Å². The Morgan fingerprint density at radius 1 is 1.26 bits per heavy atom. The Balaban J connectivity index is 1.29. The van der Waals surface area contributed by atoms with Crippen molar-refractivity contribution in [2.24, 2.45) is 5.92 Å². The number of carbonyl (C=O) groups is 1. The van der Waals surface area contributed by atoms with E-state index in [9.17, 15) is 4.79 Å². The number of imidazole rings is 1. The Morgan fingerprint density at radius 3 is 2.81 bits per heavy atom. The summed E-state index contributed by atoms with van der Waals surface area (Å²) in [5, 5.41) is 3.00. The lowest BCUT2D eigenvalue weighted by Gasteiger charge is -2.38. The van der Waals surface area contributed by atoms with Crippen LogP contribution in [-0.2, 0) is 24.2 Å². The molecule has 0 aromatic carbocycles. The molecule has 6 heteroatoms. The van der Waals surface area contributed by atoms with E-state index in [1.54, 1.807) is 12.4 Å². The van der Waals surface area contributed by atoms with E-state index >= 15 is 0 Å². The smallest absolute Gasteiger partial charge is 0.226 e. The van der Waals surface area contributed by atoms with Crippen LogP contribution in [0, 0.1) is 5.92 Å². The predicted octanol–water partition coefficient (Wildman–Crippen LogP) is 2.36. The lowest BCUT2D eigenvalue weighted by Crippen LogP contribution is -2.41. The third-order valence-electron chi connectivity index (χ3n) is 5.95. The van der Waals surface area contributed by atoms with Crippen LogP contribution in [0.1, 0.15) is 49.3 Å². The van der Waals surface area contributed by atoms with Crippen molar-refractivity contribution >= 4 is 5.91 Å². The van der Waals surface area contributed by atoms with Crippen molar-refractivity contribution in [3.05, 3.63) is 47.8 Å². The van der Waals surface area contributed by atoms with Gasteiger partial charge in [0.05, 0.1) is 18.2 Å². The number of carbonyl (C=O) groups excluding carboxylic acids is 1. The monoisotopic (exact) mass is 367 g/mol. The number of nitrogens with one attached hydrogen (secondary N) is 1. The number of hydrogen-bond donors (Lipinski definition) is 1. The zero-order valence-electron chi connectivity index (χ0n) is 16.1. The first kappa shape index (κ1) is 18.2. The summed E-state index contributed by atoms with van der Waals surface area (Å²) in [5.74, 6) is 2.03. The average Bonchev–Trinajstić information content (AvgIpc) is 3.04. The SMILES string of the molecule is C[C@@H]1c2nc(CC(=O)NCCc3ccncc3)cn2CCN1CC1CCC1. The maximum absolute atomic E-state index is 12.3. The highest BCUT2D eigenvalue weighted by atomic mass is 16.1. The molecule has 1 amide bonds. The van der Waals surface area contributed by atoms with E-state index in [4.69, 9.17) is 4.98 Å². The molecule has 0 radical (unpaired) electrons. The standard InChI is InChI=1S/C21H29N5O/c1-16-21-24-19(13-20(27)23-10-7-17-5-8-22-9-6-17)15-26(21)12-11-25(16)14-18-3-2-4-18/h5-6,8-9,15-16,18H,2-4,7,10-14H2,1H3,(H,23,27)/t16-/m1/s1. The van der Waals surface area contributed by atoms with Gasteiger partial charge in [0.25, 0.3) is 0 Å². The third kappa shape index (κ3) is 4.38. The molecule has 27 heavy (non-hydrogen) atoms. The highest BCUT2D eigenvalue weighted by Crippen LogP contribution is 2.31. The number of aromatic nitrogens is 3. The molecule has 1 atom stereocenters. The topological polar surface area (TPSA) is 63.1 Å². The highest BCUT2D eigenvalue weighted by molar-refractivity contribution is 5.78. The van der Waals surface area contributed by atoms with Crippen molar-refractivity contribution in [1.29, 1.82) is 0 Å². The molecule has 1 aliphatic heterocycles. The van der Waals surface area contributed by atoms with E-state index in [1.807, 2.05) is 12.1 Å². The summed E-state index contributed by atoms with van der Waals surface area (Å²) >= 11 is 0. The number of pyridine rings is 1. The van der Waals surface area contributed by atoms with E-state index in [0.717, 1.165) is 36.9 Å². The number of nitrogens with zero attached hydrogens (tertiary/aromatic N) is 4. The fourth-order valence-electron chi connectivity index (χ4n) is 4.06. The minimum absolute atomic E-state index is 0.0403. The molecule has 6 nitrogen and oxygen atoms in total. The van der Waals surface area contributed by atoms with Gasteiger partial charge in [0.2, 0.25) is 5.91 Å². The number of amides is 1. The average molecular weight is 367 g/mol. The summed E-state index contributed by atoms with van der Waals surface area (Å²) in [4.78, 5) is 23.6. The van der Waals surface area contributed by atoms with E-state index in [2.05, 4.69) is 32.9 Å². The van der Waals surface area contributed by atoms with Crippen LogP contribution in [0.4, 0.5) is 0 Å². The summed E-state index contributed by atoms with van der Waals surface area (Å²) in [7, 11) is 0. The first-order valence-electron chi connectivity index (χ1n) is 10.1. The van der Waals surface area contributed by atoms with Crippen LogP contribution < -0.4 is 5.32 Å². The van der Waals surface area contributed by atoms with Gasteiger partial charge >= 0.3 is 0 Å². The summed E-state index contributed by atoms with van der Waals surface area (Å²) < 4.78 is 2.24. The summed E-state index contributed by atoms with van der Waals surface area (Å²) in [5.41, 5.74) is 2.06. The van der Waals surface area contributed by atoms with E-state index in [0.29, 0.717) is 19.0 Å². The van der Waals surface area contributed by atoms with Crippen molar-refractivity contribution in [3.63, 3.8) is 0 Å². The largest absolute Gasteiger partial charge is 0.355 e. The Kier molecular flexibility index (Phi) is 5.53. The van der Waals surface area contributed by atoms with Crippen LogP contribution in [0.2, 0.25) is 0 Å². The zero-order valence-corrected chi connectivity index (χ0v) is 16.1. The molecule has 3 heterocycles. The molecule has 144 valence electrons. The molecule has 0 bridgehead atoms. The lowest BCUT2D eigenvalue weighted by atomic mass is 9.84. The second-order valence-corrected chi connectivity index (χ2v) is 7.88. The molecule has 1 fully saturated rings. The van der Waals surface area contributed by atoms with Crippen LogP contribution in [0.25, 0.3) is 0 Å². The quantitative estimate of drug-likeness (QED) is 0.816. The fourth-order valence-corrected chi connectivity index (χ4v) is 4.06. The fraction of sp³-hybridized carbons (Fsp3) is 0.571. The van der Waals surface area contributed by atoms with Crippen molar-refractivity contribution in [1.82, 2.24) is 24.8 Å². The molecule has 1 saturated carbocycles. The van der Waals surface area contributed by atoms with Gasteiger partial charge in [-0.05, 0) is 49.8 Å². The van der Waals surface area contributed by atoms with Crippen molar-refractivity contribution in [3.8, 4) is 0 Å². The zero-order chi connectivity index (χ0) is 18.6. The third-order valence-corrected chi connectivity index (χ3v) is 5.95. The van der Waals surface area contributed by atoms with Crippen LogP contribution >= 0.6 is 0 Å². The molecule has 2 aromatic rings. The van der Waals surface area contributed by atoms with Gasteiger partial charge in [-0.15, -0.1) is 0 Å². The number of fused-ring (bicyclic) bond motifs is 1. The molecule has 1 aliphatic carbocycles. The van der Waals surface area contributed by atoms with Gasteiger partial charge in [-0.25, -0.2) is 4.98 Å². The molecular formula is C21H29N5O. The van der Waals surface area contributed by atoms with Gasteiger partial charge in [0, 0.05) is 44.8 Å². The van der Waals surface area contributed by atoms with Gasteiger partial charge in [-0.1, -0.05) is 6.42 Å². The van der Waals surface area contributed by atoms with Gasteiger partial charge < -0.3 is 9.88 Å². The Bertz CT molecular complexity index is 768. The second-order valence-electron chi connectivity index (χ2n) is 7.88. The molecule has 0 saturated heterocycles. The minimum Gasteiger partial charge on any atom is -0.355 e. The van der Waals surface area contributed by atoms with Crippen LogP contribution in [0.5, 0.6) is 0 Å². The predicted molar refractivity (Wildman–Crippen MR) is 104 cm³/mol.